The van der Waals surface area contributed by atoms with Gasteiger partial charge in [0.2, 0.25) is 0 Å². The van der Waals surface area contributed by atoms with Gasteiger partial charge in [0, 0.05) is 25.7 Å². The van der Waals surface area contributed by atoms with Crippen molar-refractivity contribution in [3.63, 3.8) is 0 Å². The average Bonchev–Trinajstić information content (AvgIpc) is 2.26. The third-order valence-corrected chi connectivity index (χ3v) is 18.9. The van der Waals surface area contributed by atoms with Crippen molar-refractivity contribution in [3.05, 3.63) is 24.3 Å². The molecule has 0 aromatic carbocycles. The molecule has 0 radical (unpaired) electrons. The van der Waals surface area contributed by atoms with Gasteiger partial charge in [0.1, 0.15) is 19.3 Å². The first-order valence-electron chi connectivity index (χ1n) is 38.6. The molecule has 0 heterocycles. The van der Waals surface area contributed by atoms with E-state index in [1.54, 1.807) is 0 Å². The fraction of sp³-hybridized carbons (Fsp3) is 0.893. The van der Waals surface area contributed by atoms with E-state index in [1.807, 2.05) is 0 Å². The number of aliphatic hydroxyl groups excluding tert-OH is 1. The molecule has 0 aliphatic heterocycles. The van der Waals surface area contributed by atoms with Crippen LogP contribution in [0.2, 0.25) is 0 Å². The number of carbonyl (C=O) groups excluding carboxylic acids is 4. The van der Waals surface area contributed by atoms with Crippen molar-refractivity contribution >= 4 is 39.5 Å². The quantitative estimate of drug-likeness (QED) is 0.0169. The Balaban J connectivity index is 5.30. The normalized spacial score (nSPS) is 14.1. The van der Waals surface area contributed by atoms with Crippen LogP contribution in [0, 0.1) is 0 Å². The van der Waals surface area contributed by atoms with E-state index in [-0.39, 0.29) is 25.7 Å². The highest BCUT2D eigenvalue weighted by molar-refractivity contribution is 7.47. The lowest BCUT2D eigenvalue weighted by Crippen LogP contribution is -2.30. The molecule has 0 bridgehead atoms. The van der Waals surface area contributed by atoms with Gasteiger partial charge in [-0.2, -0.15) is 0 Å². The maximum absolute atomic E-state index is 13.1. The zero-order valence-electron chi connectivity index (χ0n) is 60.4. The van der Waals surface area contributed by atoms with Crippen molar-refractivity contribution in [2.75, 3.05) is 39.6 Å². The molecule has 0 aliphatic carbocycles. The zero-order valence-corrected chi connectivity index (χ0v) is 62.2. The van der Waals surface area contributed by atoms with Gasteiger partial charge in [0.25, 0.3) is 0 Å². The number of unbranched alkanes of at least 4 members (excludes halogenated alkanes) is 45. The number of esters is 4. The van der Waals surface area contributed by atoms with Crippen molar-refractivity contribution in [2.45, 2.75) is 393 Å². The Bertz CT molecular complexity index is 1880. The molecular weight excluding hydrogens is 1230 g/mol. The molecule has 0 saturated heterocycles. The monoisotopic (exact) mass is 1380 g/mol. The standard InChI is InChI=1S/C75H142O17P2/c1-5-9-13-17-21-25-29-33-34-38-42-46-50-54-58-62-75(80)92-71(66-86-73(78)60-56-52-48-44-40-36-31-27-23-19-15-11-7-3)68-90-94(83,84)88-64-69(76)63-87-93(81,82)89-67-70(91-74(79)61-57-53-49-45-41-37-32-28-24-20-16-12-8-4)65-85-72(77)59-55-51-47-43-39-35-30-26-22-18-14-10-6-2/h25,29,33-34,69-71,76H,5-24,26-28,30-32,35-68H2,1-4H3,(H,81,82)(H,83,84)/b29-25-,34-33-/t69-,70+,71+/m0/s1. The number of rotatable bonds is 74. The van der Waals surface area contributed by atoms with Gasteiger partial charge in [-0.1, -0.05) is 322 Å². The van der Waals surface area contributed by atoms with Crippen LogP contribution in [0.15, 0.2) is 24.3 Å². The first-order chi connectivity index (χ1) is 45.7. The molecule has 0 aromatic rings. The first kappa shape index (κ1) is 91.5. The van der Waals surface area contributed by atoms with Crippen LogP contribution in [0.1, 0.15) is 374 Å². The molecule has 2 unspecified atom stereocenters. The largest absolute Gasteiger partial charge is 0.472 e. The Hall–Kier alpha value is -2.46. The fourth-order valence-electron chi connectivity index (χ4n) is 11.0. The summed E-state index contributed by atoms with van der Waals surface area (Å²) in [7, 11) is -9.92. The summed E-state index contributed by atoms with van der Waals surface area (Å²) in [6.07, 6.45) is 61.6. The van der Waals surface area contributed by atoms with E-state index in [4.69, 9.17) is 37.0 Å². The maximum Gasteiger partial charge on any atom is 0.472 e. The van der Waals surface area contributed by atoms with E-state index in [0.717, 1.165) is 103 Å². The lowest BCUT2D eigenvalue weighted by Gasteiger charge is -2.21. The lowest BCUT2D eigenvalue weighted by atomic mass is 10.0. The minimum Gasteiger partial charge on any atom is -0.462 e. The van der Waals surface area contributed by atoms with Crippen LogP contribution in [-0.4, -0.2) is 96.7 Å². The lowest BCUT2D eigenvalue weighted by molar-refractivity contribution is -0.161. The highest BCUT2D eigenvalue weighted by atomic mass is 31.2. The van der Waals surface area contributed by atoms with Gasteiger partial charge < -0.3 is 33.8 Å². The molecule has 554 valence electrons. The van der Waals surface area contributed by atoms with Crippen LogP contribution in [0.25, 0.3) is 0 Å². The van der Waals surface area contributed by atoms with Gasteiger partial charge >= 0.3 is 39.5 Å². The van der Waals surface area contributed by atoms with Crippen LogP contribution in [0.4, 0.5) is 0 Å². The summed E-state index contributed by atoms with van der Waals surface area (Å²) in [6.45, 7) is 4.92. The van der Waals surface area contributed by atoms with Crippen molar-refractivity contribution in [2.24, 2.45) is 0 Å². The van der Waals surface area contributed by atoms with Gasteiger partial charge in [-0.25, -0.2) is 9.13 Å². The van der Waals surface area contributed by atoms with Crippen LogP contribution in [0.3, 0.4) is 0 Å². The number of aliphatic hydroxyl groups is 1. The Morgan fingerprint density at radius 3 is 0.777 bits per heavy atom. The minimum atomic E-state index is -4.96. The zero-order chi connectivity index (χ0) is 69.0. The molecule has 0 saturated carbocycles. The van der Waals surface area contributed by atoms with Gasteiger partial charge in [0.05, 0.1) is 26.4 Å². The summed E-state index contributed by atoms with van der Waals surface area (Å²) in [5, 5.41) is 10.6. The number of ether oxygens (including phenoxy) is 4. The van der Waals surface area contributed by atoms with Crippen molar-refractivity contribution < 1.29 is 80.2 Å². The van der Waals surface area contributed by atoms with Crippen LogP contribution < -0.4 is 0 Å². The van der Waals surface area contributed by atoms with Crippen molar-refractivity contribution in [1.29, 1.82) is 0 Å². The van der Waals surface area contributed by atoms with Crippen LogP contribution >= 0.6 is 15.6 Å². The summed E-state index contributed by atoms with van der Waals surface area (Å²) in [4.78, 5) is 72.8. The van der Waals surface area contributed by atoms with Gasteiger partial charge in [-0.05, 0) is 51.4 Å². The third kappa shape index (κ3) is 68.1. The summed E-state index contributed by atoms with van der Waals surface area (Å²) in [5.74, 6) is -2.14. The second kappa shape index (κ2) is 69.0. The van der Waals surface area contributed by atoms with Gasteiger partial charge in [0.15, 0.2) is 12.2 Å². The molecule has 0 aromatic heterocycles. The van der Waals surface area contributed by atoms with Crippen molar-refractivity contribution in [3.8, 4) is 0 Å². The number of hydrogen-bond acceptors (Lipinski definition) is 15. The summed E-state index contributed by atoms with van der Waals surface area (Å²) in [6, 6.07) is 0. The second-order valence-electron chi connectivity index (χ2n) is 26.4. The summed E-state index contributed by atoms with van der Waals surface area (Å²) >= 11 is 0. The second-order valence-corrected chi connectivity index (χ2v) is 29.3. The van der Waals surface area contributed by atoms with Gasteiger partial charge in [-0.3, -0.25) is 37.3 Å². The van der Waals surface area contributed by atoms with Gasteiger partial charge in [-0.15, -0.1) is 0 Å². The summed E-state index contributed by atoms with van der Waals surface area (Å²) < 4.78 is 68.5. The van der Waals surface area contributed by atoms with E-state index < -0.39 is 97.5 Å². The Labute approximate surface area is 573 Å². The Kier molecular flexibility index (Phi) is 67.2. The fourth-order valence-corrected chi connectivity index (χ4v) is 12.6. The molecule has 0 amide bonds. The highest BCUT2D eigenvalue weighted by Gasteiger charge is 2.30. The average molecular weight is 1380 g/mol. The topological polar surface area (TPSA) is 237 Å². The third-order valence-electron chi connectivity index (χ3n) is 17.0. The number of phosphoric ester groups is 2. The van der Waals surface area contributed by atoms with E-state index >= 15 is 0 Å². The predicted octanol–water partition coefficient (Wildman–Crippen LogP) is 21.8. The molecule has 94 heavy (non-hydrogen) atoms. The Morgan fingerprint density at radius 1 is 0.298 bits per heavy atom. The minimum absolute atomic E-state index is 0.0859. The van der Waals surface area contributed by atoms with E-state index in [1.165, 1.54) is 193 Å². The number of carbonyl (C=O) groups is 4. The van der Waals surface area contributed by atoms with E-state index in [2.05, 4.69) is 52.0 Å². The van der Waals surface area contributed by atoms with Crippen LogP contribution in [-0.2, 0) is 65.4 Å². The number of hydrogen-bond donors (Lipinski definition) is 3. The summed E-state index contributed by atoms with van der Waals surface area (Å²) in [5.41, 5.74) is 0. The molecule has 0 rings (SSSR count). The highest BCUT2D eigenvalue weighted by Crippen LogP contribution is 2.45. The Morgan fingerprint density at radius 2 is 0.511 bits per heavy atom. The van der Waals surface area contributed by atoms with E-state index in [9.17, 15) is 43.2 Å². The molecular formula is C75H142O17P2. The molecule has 17 nitrogen and oxygen atoms in total. The molecule has 0 spiro atoms. The SMILES string of the molecule is CCCCCC/C=C\C=C/CCCCCCCC(=O)O[C@H](COC(=O)CCCCCCCCCCCCCCC)COP(=O)(O)OC[C@@H](O)COP(=O)(O)OC[C@@H](COC(=O)CCCCCCCCCCCCCCC)OC(=O)CCCCCCCCCCCCCCC. The smallest absolute Gasteiger partial charge is 0.462 e. The predicted molar refractivity (Wildman–Crippen MR) is 381 cm³/mol. The number of phosphoric acid groups is 2. The molecule has 0 fully saturated rings. The maximum atomic E-state index is 13.1. The molecule has 0 aliphatic rings. The number of allylic oxidation sites excluding steroid dienone is 4. The molecule has 3 N–H and O–H groups in total. The van der Waals surface area contributed by atoms with E-state index in [0.29, 0.717) is 25.7 Å². The molecule has 19 heteroatoms. The van der Waals surface area contributed by atoms with Crippen molar-refractivity contribution in [1.82, 2.24) is 0 Å². The first-order valence-corrected chi connectivity index (χ1v) is 41.6. The van der Waals surface area contributed by atoms with Crippen LogP contribution in [0.5, 0.6) is 0 Å². The molecule has 5 atom stereocenters.